The fourth-order valence-corrected chi connectivity index (χ4v) is 3.74. The van der Waals surface area contributed by atoms with Crippen molar-refractivity contribution in [3.05, 3.63) is 70.2 Å². The fraction of sp³-hybridized carbons (Fsp3) is 0.435. The summed E-state index contributed by atoms with van der Waals surface area (Å²) in [5.74, 6) is -0.0641. The number of hydrogen-bond acceptors (Lipinski definition) is 3. The molecule has 1 fully saturated rings. The highest BCUT2D eigenvalue weighted by Crippen LogP contribution is 2.28. The molecule has 1 amide bonds. The highest BCUT2D eigenvalue weighted by molar-refractivity contribution is 6.31. The van der Waals surface area contributed by atoms with Crippen molar-refractivity contribution in [2.45, 2.75) is 32.2 Å². The topological polar surface area (TPSA) is 41.6 Å². The molecule has 1 unspecified atom stereocenters. The molecule has 1 aliphatic heterocycles. The van der Waals surface area contributed by atoms with Crippen LogP contribution in [-0.2, 0) is 10.2 Å². The van der Waals surface area contributed by atoms with Gasteiger partial charge in [0.1, 0.15) is 0 Å². The molecule has 0 bridgehead atoms. The maximum Gasteiger partial charge on any atom is 0.251 e. The number of benzene rings is 2. The average Bonchev–Trinajstić information content (AvgIpc) is 2.69. The van der Waals surface area contributed by atoms with Crippen molar-refractivity contribution in [2.24, 2.45) is 0 Å². The van der Waals surface area contributed by atoms with Gasteiger partial charge in [0.2, 0.25) is 0 Å². The van der Waals surface area contributed by atoms with Gasteiger partial charge in [0.15, 0.2) is 0 Å². The number of carbonyl (C=O) groups is 1. The molecule has 0 aromatic heterocycles. The lowest BCUT2D eigenvalue weighted by atomic mass is 9.87. The first-order chi connectivity index (χ1) is 13.4. The Morgan fingerprint density at radius 2 is 1.75 bits per heavy atom. The summed E-state index contributed by atoms with van der Waals surface area (Å²) in [6.07, 6.45) is 0. The maximum absolute atomic E-state index is 12.7. The Balaban J connectivity index is 1.72. The first-order valence-electron chi connectivity index (χ1n) is 9.81. The van der Waals surface area contributed by atoms with Gasteiger partial charge in [-0.25, -0.2) is 0 Å². The number of nitrogens with one attached hydrogen (secondary N) is 1. The first-order valence-corrected chi connectivity index (χ1v) is 10.2. The predicted molar refractivity (Wildman–Crippen MR) is 114 cm³/mol. The van der Waals surface area contributed by atoms with Gasteiger partial charge >= 0.3 is 0 Å². The minimum absolute atomic E-state index is 0.0235. The van der Waals surface area contributed by atoms with Gasteiger partial charge in [0.05, 0.1) is 19.3 Å². The quantitative estimate of drug-likeness (QED) is 0.806. The lowest BCUT2D eigenvalue weighted by molar-refractivity contribution is 0.0162. The molecule has 3 rings (SSSR count). The van der Waals surface area contributed by atoms with Crippen molar-refractivity contribution in [1.82, 2.24) is 10.2 Å². The van der Waals surface area contributed by atoms with E-state index in [1.165, 1.54) is 5.56 Å². The maximum atomic E-state index is 12.7. The third-order valence-electron chi connectivity index (χ3n) is 5.22. The van der Waals surface area contributed by atoms with E-state index in [0.29, 0.717) is 25.3 Å². The molecule has 2 aromatic carbocycles. The summed E-state index contributed by atoms with van der Waals surface area (Å²) in [5, 5.41) is 3.82. The van der Waals surface area contributed by atoms with E-state index >= 15 is 0 Å². The summed E-state index contributed by atoms with van der Waals surface area (Å²) in [5.41, 5.74) is 2.99. The van der Waals surface area contributed by atoms with Crippen molar-refractivity contribution < 1.29 is 9.53 Å². The van der Waals surface area contributed by atoms with Crippen LogP contribution in [0.4, 0.5) is 0 Å². The largest absolute Gasteiger partial charge is 0.379 e. The van der Waals surface area contributed by atoms with Crippen molar-refractivity contribution in [3.63, 3.8) is 0 Å². The van der Waals surface area contributed by atoms with E-state index in [1.54, 1.807) is 0 Å². The number of rotatable bonds is 5. The van der Waals surface area contributed by atoms with Crippen LogP contribution in [-0.4, -0.2) is 43.7 Å². The van der Waals surface area contributed by atoms with Gasteiger partial charge in [0.25, 0.3) is 5.91 Å². The van der Waals surface area contributed by atoms with Crippen LogP contribution in [0.2, 0.25) is 5.02 Å². The van der Waals surface area contributed by atoms with E-state index in [9.17, 15) is 4.79 Å². The van der Waals surface area contributed by atoms with Crippen LogP contribution in [0.15, 0.2) is 48.5 Å². The monoisotopic (exact) mass is 400 g/mol. The van der Waals surface area contributed by atoms with Gasteiger partial charge < -0.3 is 10.1 Å². The molecule has 1 aliphatic rings. The molecule has 0 spiro atoms. The van der Waals surface area contributed by atoms with E-state index in [4.69, 9.17) is 16.3 Å². The minimum atomic E-state index is -0.0641. The molecule has 0 radical (unpaired) electrons. The number of hydrogen-bond donors (Lipinski definition) is 1. The molecule has 28 heavy (non-hydrogen) atoms. The molecular weight excluding hydrogens is 372 g/mol. The normalized spacial score (nSPS) is 16.6. The Bertz CT molecular complexity index is 793. The van der Waals surface area contributed by atoms with Gasteiger partial charge in [-0.05, 0) is 34.7 Å². The Hall–Kier alpha value is -1.88. The third-order valence-corrected chi connectivity index (χ3v) is 5.56. The second-order valence-corrected chi connectivity index (χ2v) is 8.63. The molecular formula is C23H29ClN2O2. The van der Waals surface area contributed by atoms with E-state index in [0.717, 1.165) is 23.7 Å². The number of nitrogens with zero attached hydrogens (tertiary/aromatic N) is 1. The van der Waals surface area contributed by atoms with Crippen LogP contribution < -0.4 is 5.32 Å². The number of carbonyl (C=O) groups excluding carboxylic acids is 1. The molecule has 1 N–H and O–H groups in total. The van der Waals surface area contributed by atoms with E-state index < -0.39 is 0 Å². The SMILES string of the molecule is CC(C)(C)c1ccc(C(=O)NCC(c2ccccc2Cl)N2CCOCC2)cc1. The van der Waals surface area contributed by atoms with Gasteiger partial charge in [-0.3, -0.25) is 9.69 Å². The van der Waals surface area contributed by atoms with Gasteiger partial charge in [-0.15, -0.1) is 0 Å². The molecule has 5 heteroatoms. The number of ether oxygens (including phenoxy) is 1. The minimum Gasteiger partial charge on any atom is -0.379 e. The van der Waals surface area contributed by atoms with Crippen LogP contribution in [0, 0.1) is 0 Å². The summed E-state index contributed by atoms with van der Waals surface area (Å²) in [7, 11) is 0. The molecule has 0 saturated carbocycles. The fourth-order valence-electron chi connectivity index (χ4n) is 3.48. The molecule has 1 heterocycles. The van der Waals surface area contributed by atoms with Crippen LogP contribution in [0.1, 0.15) is 48.3 Å². The Morgan fingerprint density at radius 3 is 2.36 bits per heavy atom. The Morgan fingerprint density at radius 1 is 1.11 bits per heavy atom. The van der Waals surface area contributed by atoms with Crippen molar-refractivity contribution in [2.75, 3.05) is 32.8 Å². The molecule has 150 valence electrons. The van der Waals surface area contributed by atoms with Gasteiger partial charge in [-0.2, -0.15) is 0 Å². The summed E-state index contributed by atoms with van der Waals surface area (Å²) in [4.78, 5) is 15.0. The second kappa shape index (κ2) is 9.08. The van der Waals surface area contributed by atoms with Crippen molar-refractivity contribution in [3.8, 4) is 0 Å². The molecule has 1 atom stereocenters. The predicted octanol–water partition coefficient (Wildman–Crippen LogP) is 4.44. The van der Waals surface area contributed by atoms with Gasteiger partial charge in [0, 0.05) is 30.2 Å². The zero-order valence-corrected chi connectivity index (χ0v) is 17.6. The summed E-state index contributed by atoms with van der Waals surface area (Å²) < 4.78 is 5.49. The number of morpholine rings is 1. The van der Waals surface area contributed by atoms with E-state index in [1.807, 2.05) is 48.5 Å². The standard InChI is InChI=1S/C23H29ClN2O2/c1-23(2,3)18-10-8-17(9-11-18)22(27)25-16-21(26-12-14-28-15-13-26)19-6-4-5-7-20(19)24/h4-11,21H,12-16H2,1-3H3,(H,25,27). The summed E-state index contributed by atoms with van der Waals surface area (Å²) in [6, 6.07) is 15.7. The molecule has 4 nitrogen and oxygen atoms in total. The highest BCUT2D eigenvalue weighted by atomic mass is 35.5. The summed E-state index contributed by atoms with van der Waals surface area (Å²) >= 11 is 6.46. The molecule has 1 saturated heterocycles. The van der Waals surface area contributed by atoms with Crippen LogP contribution in [0.5, 0.6) is 0 Å². The van der Waals surface area contributed by atoms with Gasteiger partial charge in [-0.1, -0.05) is 62.7 Å². The van der Waals surface area contributed by atoms with Crippen LogP contribution >= 0.6 is 11.6 Å². The molecule has 2 aromatic rings. The average molecular weight is 401 g/mol. The highest BCUT2D eigenvalue weighted by Gasteiger charge is 2.25. The Kier molecular flexibility index (Phi) is 6.76. The number of amides is 1. The van der Waals surface area contributed by atoms with E-state index in [-0.39, 0.29) is 17.4 Å². The summed E-state index contributed by atoms with van der Waals surface area (Å²) in [6.45, 7) is 10.0. The van der Waals surface area contributed by atoms with Crippen molar-refractivity contribution >= 4 is 17.5 Å². The Labute approximate surface area is 172 Å². The van der Waals surface area contributed by atoms with Crippen LogP contribution in [0.25, 0.3) is 0 Å². The zero-order valence-electron chi connectivity index (χ0n) is 16.9. The van der Waals surface area contributed by atoms with E-state index in [2.05, 4.69) is 31.0 Å². The second-order valence-electron chi connectivity index (χ2n) is 8.22. The zero-order chi connectivity index (χ0) is 20.1. The third kappa shape index (κ3) is 5.13. The number of halogens is 1. The first kappa shape index (κ1) is 20.8. The lowest BCUT2D eigenvalue weighted by Gasteiger charge is -2.35. The smallest absolute Gasteiger partial charge is 0.251 e. The molecule has 0 aliphatic carbocycles. The lowest BCUT2D eigenvalue weighted by Crippen LogP contribution is -2.44. The van der Waals surface area contributed by atoms with Crippen LogP contribution in [0.3, 0.4) is 0 Å². The van der Waals surface area contributed by atoms with Crippen molar-refractivity contribution in [1.29, 1.82) is 0 Å².